The summed E-state index contributed by atoms with van der Waals surface area (Å²) in [6.45, 7) is 3.93. The third-order valence-electron chi connectivity index (χ3n) is 5.93. The van der Waals surface area contributed by atoms with E-state index in [4.69, 9.17) is 14.5 Å². The minimum atomic E-state index is -0.101. The van der Waals surface area contributed by atoms with E-state index in [0.717, 1.165) is 42.1 Å². The number of para-hydroxylation sites is 1. The van der Waals surface area contributed by atoms with E-state index in [1.54, 1.807) is 7.11 Å². The number of rotatable bonds is 6. The van der Waals surface area contributed by atoms with Crippen molar-refractivity contribution in [1.82, 2.24) is 15.3 Å². The maximum Gasteiger partial charge on any atom is 0.271 e. The standard InChI is InChI=1S/C21H27N3O3/c1-3-27-13-21(9-6-10-21)20-23-16-11-14(12-22-19(25)18(16)24-20)15-7-4-5-8-17(15)26-2/h4-5,7-8,14H,3,6,9-13H2,1-2H3,(H,22,25)(H,23,24)/t14-/m1/s1. The Kier molecular flexibility index (Phi) is 4.91. The molecule has 6 heteroatoms. The number of methoxy groups -OCH3 is 1. The lowest BCUT2D eigenvalue weighted by molar-refractivity contribution is 0.0475. The fourth-order valence-corrected chi connectivity index (χ4v) is 4.19. The van der Waals surface area contributed by atoms with E-state index in [9.17, 15) is 4.79 Å². The van der Waals surface area contributed by atoms with Crippen LogP contribution in [-0.2, 0) is 16.6 Å². The molecule has 1 aliphatic heterocycles. The Labute approximate surface area is 159 Å². The zero-order valence-corrected chi connectivity index (χ0v) is 16.0. The summed E-state index contributed by atoms with van der Waals surface area (Å²) in [4.78, 5) is 20.9. The van der Waals surface area contributed by atoms with Crippen LogP contribution < -0.4 is 10.1 Å². The lowest BCUT2D eigenvalue weighted by Crippen LogP contribution is -2.40. The highest BCUT2D eigenvalue weighted by molar-refractivity contribution is 5.94. The van der Waals surface area contributed by atoms with Gasteiger partial charge in [-0.15, -0.1) is 0 Å². The van der Waals surface area contributed by atoms with Gasteiger partial charge in [-0.1, -0.05) is 24.6 Å². The Morgan fingerprint density at radius 3 is 2.81 bits per heavy atom. The Morgan fingerprint density at radius 2 is 2.11 bits per heavy atom. The van der Waals surface area contributed by atoms with E-state index in [2.05, 4.69) is 16.4 Å². The number of hydrogen-bond acceptors (Lipinski definition) is 4. The van der Waals surface area contributed by atoms with Crippen LogP contribution >= 0.6 is 0 Å². The van der Waals surface area contributed by atoms with Gasteiger partial charge >= 0.3 is 0 Å². The normalized spacial score (nSPS) is 21.0. The molecule has 27 heavy (non-hydrogen) atoms. The first-order valence-electron chi connectivity index (χ1n) is 9.75. The molecule has 0 bridgehead atoms. The van der Waals surface area contributed by atoms with Gasteiger partial charge in [-0.25, -0.2) is 4.98 Å². The quantitative estimate of drug-likeness (QED) is 0.821. The van der Waals surface area contributed by atoms with Crippen LogP contribution in [0, 0.1) is 0 Å². The number of H-pyrrole nitrogens is 1. The Morgan fingerprint density at radius 1 is 1.30 bits per heavy atom. The summed E-state index contributed by atoms with van der Waals surface area (Å²) in [5.74, 6) is 1.80. The van der Waals surface area contributed by atoms with Crippen molar-refractivity contribution in [2.45, 2.75) is 43.9 Å². The number of hydrogen-bond donors (Lipinski definition) is 2. The van der Waals surface area contributed by atoms with Gasteiger partial charge in [0.05, 0.1) is 19.1 Å². The van der Waals surface area contributed by atoms with Crippen LogP contribution in [0.1, 0.15) is 59.7 Å². The molecule has 4 rings (SSSR count). The zero-order chi connectivity index (χ0) is 18.9. The van der Waals surface area contributed by atoms with Crippen molar-refractivity contribution in [1.29, 1.82) is 0 Å². The number of imidazole rings is 1. The van der Waals surface area contributed by atoms with Crippen molar-refractivity contribution in [2.75, 3.05) is 26.9 Å². The number of aromatic amines is 1. The highest BCUT2D eigenvalue weighted by Crippen LogP contribution is 2.43. The van der Waals surface area contributed by atoms with Crippen LogP contribution in [0.25, 0.3) is 0 Å². The predicted octanol–water partition coefficient (Wildman–Crippen LogP) is 2.95. The average Bonchev–Trinajstić information content (AvgIpc) is 3.01. The molecule has 1 atom stereocenters. The zero-order valence-electron chi connectivity index (χ0n) is 16.0. The Bertz CT molecular complexity index is 826. The molecular weight excluding hydrogens is 342 g/mol. The van der Waals surface area contributed by atoms with E-state index in [0.29, 0.717) is 25.5 Å². The van der Waals surface area contributed by atoms with Crippen LogP contribution in [-0.4, -0.2) is 42.7 Å². The van der Waals surface area contributed by atoms with Crippen LogP contribution in [0.2, 0.25) is 0 Å². The molecule has 1 aromatic heterocycles. The van der Waals surface area contributed by atoms with Crippen LogP contribution in [0.4, 0.5) is 0 Å². The molecule has 0 spiro atoms. The van der Waals surface area contributed by atoms with Crippen LogP contribution in [0.15, 0.2) is 24.3 Å². The van der Waals surface area contributed by atoms with Crippen molar-refractivity contribution in [2.24, 2.45) is 0 Å². The monoisotopic (exact) mass is 369 g/mol. The highest BCUT2D eigenvalue weighted by atomic mass is 16.5. The Balaban J connectivity index is 1.65. The number of amides is 1. The van der Waals surface area contributed by atoms with Crippen molar-refractivity contribution in [3.63, 3.8) is 0 Å². The summed E-state index contributed by atoms with van der Waals surface area (Å²) < 4.78 is 11.3. The van der Waals surface area contributed by atoms with Gasteiger partial charge in [0, 0.05) is 24.8 Å². The van der Waals surface area contributed by atoms with E-state index in [1.807, 2.05) is 25.1 Å². The smallest absolute Gasteiger partial charge is 0.271 e. The number of carbonyl (C=O) groups is 1. The lowest BCUT2D eigenvalue weighted by atomic mass is 9.69. The number of nitrogens with zero attached hydrogens (tertiary/aromatic N) is 1. The van der Waals surface area contributed by atoms with Gasteiger partial charge in [0.1, 0.15) is 17.3 Å². The number of ether oxygens (including phenoxy) is 2. The number of fused-ring (bicyclic) bond motifs is 1. The fourth-order valence-electron chi connectivity index (χ4n) is 4.19. The molecule has 2 N–H and O–H groups in total. The summed E-state index contributed by atoms with van der Waals surface area (Å²) in [7, 11) is 1.68. The lowest BCUT2D eigenvalue weighted by Gasteiger charge is -2.39. The molecule has 1 aromatic carbocycles. The summed E-state index contributed by atoms with van der Waals surface area (Å²) in [5.41, 5.74) is 2.49. The fraction of sp³-hybridized carbons (Fsp3) is 0.524. The Hall–Kier alpha value is -2.34. The largest absolute Gasteiger partial charge is 0.496 e. The first-order valence-corrected chi connectivity index (χ1v) is 9.75. The van der Waals surface area contributed by atoms with E-state index in [-0.39, 0.29) is 17.2 Å². The predicted molar refractivity (Wildman–Crippen MR) is 102 cm³/mol. The minimum absolute atomic E-state index is 0.0670. The van der Waals surface area contributed by atoms with Gasteiger partial charge in [0.15, 0.2) is 0 Å². The molecule has 0 saturated heterocycles. The maximum absolute atomic E-state index is 12.6. The highest BCUT2D eigenvalue weighted by Gasteiger charge is 2.43. The van der Waals surface area contributed by atoms with Gasteiger partial charge in [-0.2, -0.15) is 0 Å². The molecular formula is C21H27N3O3. The SMILES string of the molecule is CCOCC1(c2nc3c([nH]2)C[C@@H](c2ccccc2OC)CNC3=O)CCC1. The van der Waals surface area contributed by atoms with Gasteiger partial charge < -0.3 is 19.8 Å². The number of nitrogens with one attached hydrogen (secondary N) is 2. The molecule has 0 unspecified atom stereocenters. The molecule has 6 nitrogen and oxygen atoms in total. The molecule has 1 saturated carbocycles. The molecule has 2 aromatic rings. The third kappa shape index (κ3) is 3.23. The van der Waals surface area contributed by atoms with Crippen molar-refractivity contribution in [3.05, 3.63) is 47.0 Å². The van der Waals surface area contributed by atoms with Gasteiger partial charge in [0.2, 0.25) is 0 Å². The molecule has 1 aliphatic carbocycles. The van der Waals surface area contributed by atoms with Crippen LogP contribution in [0.5, 0.6) is 5.75 Å². The maximum atomic E-state index is 12.6. The third-order valence-corrected chi connectivity index (χ3v) is 5.93. The van der Waals surface area contributed by atoms with Gasteiger partial charge in [-0.3, -0.25) is 4.79 Å². The van der Waals surface area contributed by atoms with E-state index in [1.165, 1.54) is 6.42 Å². The molecule has 2 aliphatic rings. The van der Waals surface area contributed by atoms with Crippen molar-refractivity contribution < 1.29 is 14.3 Å². The van der Waals surface area contributed by atoms with Crippen molar-refractivity contribution >= 4 is 5.91 Å². The summed E-state index contributed by atoms with van der Waals surface area (Å²) >= 11 is 0. The van der Waals surface area contributed by atoms with E-state index >= 15 is 0 Å². The average molecular weight is 369 g/mol. The molecule has 1 amide bonds. The number of aromatic nitrogens is 2. The molecule has 0 radical (unpaired) electrons. The first-order chi connectivity index (χ1) is 13.2. The second-order valence-electron chi connectivity index (χ2n) is 7.54. The van der Waals surface area contributed by atoms with E-state index < -0.39 is 0 Å². The molecule has 144 valence electrons. The van der Waals surface area contributed by atoms with Crippen LogP contribution in [0.3, 0.4) is 0 Å². The minimum Gasteiger partial charge on any atom is -0.496 e. The molecule has 2 heterocycles. The topological polar surface area (TPSA) is 76.2 Å². The summed E-state index contributed by atoms with van der Waals surface area (Å²) in [6.07, 6.45) is 4.01. The second-order valence-corrected chi connectivity index (χ2v) is 7.54. The second kappa shape index (κ2) is 7.35. The molecule has 1 fully saturated rings. The van der Waals surface area contributed by atoms with Gasteiger partial charge in [0.25, 0.3) is 5.91 Å². The first kappa shape index (κ1) is 18.0. The van der Waals surface area contributed by atoms with Crippen molar-refractivity contribution in [3.8, 4) is 5.75 Å². The van der Waals surface area contributed by atoms with Gasteiger partial charge in [-0.05, 0) is 37.8 Å². The number of carbonyl (C=O) groups excluding carboxylic acids is 1. The summed E-state index contributed by atoms with van der Waals surface area (Å²) in [5, 5.41) is 3.04. The summed E-state index contributed by atoms with van der Waals surface area (Å²) in [6, 6.07) is 8.01. The number of benzene rings is 1.